The fourth-order valence-corrected chi connectivity index (χ4v) is 3.01. The minimum Gasteiger partial charge on any atom is -0.493 e. The molecule has 0 radical (unpaired) electrons. The van der Waals surface area contributed by atoms with Gasteiger partial charge in [-0.1, -0.05) is 17.7 Å². The Kier molecular flexibility index (Phi) is 6.79. The number of halogens is 1. The van der Waals surface area contributed by atoms with Crippen molar-refractivity contribution in [1.29, 1.82) is 0 Å². The SMILES string of the molecule is COc1cc(Cl)c(/C=N/NC(=O)C(OC)c2ccc3c(c2)OCCO3)cc1OC. The van der Waals surface area contributed by atoms with Gasteiger partial charge in [0.05, 0.1) is 25.5 Å². The Balaban J connectivity index is 1.72. The zero-order valence-electron chi connectivity index (χ0n) is 16.2. The molecule has 0 spiro atoms. The minimum atomic E-state index is -0.871. The zero-order valence-corrected chi connectivity index (χ0v) is 17.0. The van der Waals surface area contributed by atoms with Crippen LogP contribution in [0.5, 0.6) is 23.0 Å². The van der Waals surface area contributed by atoms with Crippen LogP contribution in [0, 0.1) is 0 Å². The maximum absolute atomic E-state index is 12.5. The van der Waals surface area contributed by atoms with Crippen molar-refractivity contribution in [1.82, 2.24) is 5.43 Å². The number of carbonyl (C=O) groups excluding carboxylic acids is 1. The first-order valence-corrected chi connectivity index (χ1v) is 9.12. The molecule has 9 heteroatoms. The summed E-state index contributed by atoms with van der Waals surface area (Å²) < 4.78 is 26.8. The standard InChI is InChI=1S/C20H21ClN2O6/c1-25-16-9-13(14(21)10-17(16)26-2)11-22-23-20(24)19(27-3)12-4-5-15-18(8-12)29-7-6-28-15/h4-5,8-11,19H,6-7H2,1-3H3,(H,23,24)/b22-11+. The van der Waals surface area contributed by atoms with Crippen LogP contribution in [0.25, 0.3) is 0 Å². The largest absolute Gasteiger partial charge is 0.493 e. The summed E-state index contributed by atoms with van der Waals surface area (Å²) in [6.07, 6.45) is 0.544. The third-order valence-corrected chi connectivity index (χ3v) is 4.55. The van der Waals surface area contributed by atoms with E-state index in [4.69, 9.17) is 35.3 Å². The van der Waals surface area contributed by atoms with Crippen molar-refractivity contribution < 1.29 is 28.5 Å². The number of hydrogen-bond acceptors (Lipinski definition) is 7. The molecule has 1 amide bonds. The van der Waals surface area contributed by atoms with Crippen LogP contribution in [-0.4, -0.2) is 46.7 Å². The van der Waals surface area contributed by atoms with Crippen LogP contribution in [0.4, 0.5) is 0 Å². The lowest BCUT2D eigenvalue weighted by atomic mass is 10.1. The average molecular weight is 421 g/mol. The van der Waals surface area contributed by atoms with Crippen LogP contribution < -0.4 is 24.4 Å². The van der Waals surface area contributed by atoms with E-state index in [0.29, 0.717) is 52.4 Å². The van der Waals surface area contributed by atoms with Gasteiger partial charge in [0.2, 0.25) is 0 Å². The second kappa shape index (κ2) is 9.49. The van der Waals surface area contributed by atoms with Gasteiger partial charge in [-0.2, -0.15) is 5.10 Å². The molecule has 1 N–H and O–H groups in total. The van der Waals surface area contributed by atoms with Gasteiger partial charge >= 0.3 is 0 Å². The Morgan fingerprint density at radius 3 is 2.48 bits per heavy atom. The molecule has 29 heavy (non-hydrogen) atoms. The van der Waals surface area contributed by atoms with Crippen molar-refractivity contribution in [2.45, 2.75) is 6.10 Å². The second-order valence-electron chi connectivity index (χ2n) is 5.98. The number of rotatable bonds is 7. The number of methoxy groups -OCH3 is 3. The minimum absolute atomic E-state index is 0.399. The summed E-state index contributed by atoms with van der Waals surface area (Å²) in [6.45, 7) is 0.949. The van der Waals surface area contributed by atoms with Gasteiger partial charge in [-0.25, -0.2) is 5.43 Å². The second-order valence-corrected chi connectivity index (χ2v) is 6.39. The lowest BCUT2D eigenvalue weighted by Gasteiger charge is -2.20. The Hall–Kier alpha value is -2.97. The first kappa shape index (κ1) is 20.8. The number of hydrazone groups is 1. The van der Waals surface area contributed by atoms with E-state index in [1.54, 1.807) is 30.3 Å². The number of ether oxygens (including phenoxy) is 5. The van der Waals surface area contributed by atoms with Crippen LogP contribution in [0.2, 0.25) is 5.02 Å². The van der Waals surface area contributed by atoms with Crippen LogP contribution in [0.3, 0.4) is 0 Å². The fourth-order valence-electron chi connectivity index (χ4n) is 2.81. The molecular formula is C20H21ClN2O6. The van der Waals surface area contributed by atoms with E-state index in [2.05, 4.69) is 10.5 Å². The van der Waals surface area contributed by atoms with Gasteiger partial charge < -0.3 is 23.7 Å². The van der Waals surface area contributed by atoms with E-state index in [9.17, 15) is 4.79 Å². The monoisotopic (exact) mass is 420 g/mol. The van der Waals surface area contributed by atoms with Crippen LogP contribution >= 0.6 is 11.6 Å². The molecule has 1 aliphatic rings. The van der Waals surface area contributed by atoms with Gasteiger partial charge in [-0.05, 0) is 23.8 Å². The number of benzene rings is 2. The van der Waals surface area contributed by atoms with Crippen LogP contribution in [0.1, 0.15) is 17.2 Å². The Morgan fingerprint density at radius 1 is 1.10 bits per heavy atom. The summed E-state index contributed by atoms with van der Waals surface area (Å²) in [6, 6.07) is 8.48. The van der Waals surface area contributed by atoms with Crippen molar-refractivity contribution in [3.63, 3.8) is 0 Å². The third kappa shape index (κ3) is 4.72. The summed E-state index contributed by atoms with van der Waals surface area (Å²) in [5.41, 5.74) is 3.63. The average Bonchev–Trinajstić information content (AvgIpc) is 2.75. The fraction of sp³-hybridized carbons (Fsp3) is 0.300. The van der Waals surface area contributed by atoms with Gasteiger partial charge in [-0.15, -0.1) is 0 Å². The molecule has 154 valence electrons. The molecule has 0 aliphatic carbocycles. The molecule has 1 aliphatic heterocycles. The first-order valence-electron chi connectivity index (χ1n) is 8.74. The number of amides is 1. The Bertz CT molecular complexity index is 918. The summed E-state index contributed by atoms with van der Waals surface area (Å²) >= 11 is 6.22. The third-order valence-electron chi connectivity index (χ3n) is 4.22. The highest BCUT2D eigenvalue weighted by Gasteiger charge is 2.22. The van der Waals surface area contributed by atoms with Crippen molar-refractivity contribution in [3.05, 3.63) is 46.5 Å². The summed E-state index contributed by atoms with van der Waals surface area (Å²) in [5.74, 6) is 1.75. The van der Waals surface area contributed by atoms with Crippen molar-refractivity contribution in [2.75, 3.05) is 34.5 Å². The molecular weight excluding hydrogens is 400 g/mol. The summed E-state index contributed by atoms with van der Waals surface area (Å²) in [7, 11) is 4.48. The quantitative estimate of drug-likeness (QED) is 0.547. The predicted octanol–water partition coefficient (Wildman–Crippen LogP) is 2.97. The summed E-state index contributed by atoms with van der Waals surface area (Å²) in [4.78, 5) is 12.5. The molecule has 0 saturated carbocycles. The highest BCUT2D eigenvalue weighted by atomic mass is 35.5. The van der Waals surface area contributed by atoms with E-state index in [-0.39, 0.29) is 0 Å². The normalized spacial score (nSPS) is 13.8. The predicted molar refractivity (Wildman–Crippen MR) is 107 cm³/mol. The van der Waals surface area contributed by atoms with E-state index >= 15 is 0 Å². The number of nitrogens with zero attached hydrogens (tertiary/aromatic N) is 1. The molecule has 0 saturated heterocycles. The molecule has 2 aromatic carbocycles. The molecule has 0 bridgehead atoms. The summed E-state index contributed by atoms with van der Waals surface area (Å²) in [5, 5.41) is 4.37. The highest BCUT2D eigenvalue weighted by molar-refractivity contribution is 6.33. The molecule has 1 atom stereocenters. The Labute approximate surface area is 173 Å². The lowest BCUT2D eigenvalue weighted by Crippen LogP contribution is -2.27. The van der Waals surface area contributed by atoms with Gasteiger partial charge in [0.1, 0.15) is 13.2 Å². The van der Waals surface area contributed by atoms with E-state index in [1.807, 2.05) is 0 Å². The van der Waals surface area contributed by atoms with Crippen LogP contribution in [0.15, 0.2) is 35.4 Å². The zero-order chi connectivity index (χ0) is 20.8. The van der Waals surface area contributed by atoms with Gasteiger partial charge in [0, 0.05) is 18.7 Å². The van der Waals surface area contributed by atoms with Crippen molar-refractivity contribution >= 4 is 23.7 Å². The highest BCUT2D eigenvalue weighted by Crippen LogP contribution is 2.34. The number of carbonyl (C=O) groups is 1. The molecule has 2 aromatic rings. The first-order chi connectivity index (χ1) is 14.1. The molecule has 8 nitrogen and oxygen atoms in total. The molecule has 1 unspecified atom stereocenters. The van der Waals surface area contributed by atoms with E-state index in [0.717, 1.165) is 0 Å². The van der Waals surface area contributed by atoms with Crippen LogP contribution in [-0.2, 0) is 9.53 Å². The molecule has 3 rings (SSSR count). The molecule has 0 fully saturated rings. The van der Waals surface area contributed by atoms with Gasteiger partial charge in [-0.3, -0.25) is 4.79 Å². The maximum atomic E-state index is 12.5. The number of fused-ring (bicyclic) bond motifs is 1. The molecule has 0 aromatic heterocycles. The Morgan fingerprint density at radius 2 is 1.79 bits per heavy atom. The molecule has 1 heterocycles. The maximum Gasteiger partial charge on any atom is 0.273 e. The van der Waals surface area contributed by atoms with Crippen molar-refractivity contribution in [2.24, 2.45) is 5.10 Å². The van der Waals surface area contributed by atoms with Crippen molar-refractivity contribution in [3.8, 4) is 23.0 Å². The number of nitrogens with one attached hydrogen (secondary N) is 1. The van der Waals surface area contributed by atoms with Gasteiger partial charge in [0.25, 0.3) is 5.91 Å². The smallest absolute Gasteiger partial charge is 0.273 e. The van der Waals surface area contributed by atoms with E-state index < -0.39 is 12.0 Å². The number of hydrogen-bond donors (Lipinski definition) is 1. The van der Waals surface area contributed by atoms with Gasteiger partial charge in [0.15, 0.2) is 29.1 Å². The van der Waals surface area contributed by atoms with E-state index in [1.165, 1.54) is 27.5 Å². The lowest BCUT2D eigenvalue weighted by molar-refractivity contribution is -0.131. The topological polar surface area (TPSA) is 87.6 Å².